The van der Waals surface area contributed by atoms with Gasteiger partial charge >= 0.3 is 5.97 Å². The molecule has 2 rings (SSSR count). The summed E-state index contributed by atoms with van der Waals surface area (Å²) in [6, 6.07) is 0. The summed E-state index contributed by atoms with van der Waals surface area (Å²) in [6.45, 7) is 2.60. The summed E-state index contributed by atoms with van der Waals surface area (Å²) in [5, 5.41) is 0. The van der Waals surface area contributed by atoms with Crippen molar-refractivity contribution in [3.63, 3.8) is 0 Å². The van der Waals surface area contributed by atoms with Crippen LogP contribution < -0.4 is 0 Å². The first kappa shape index (κ1) is 7.10. The van der Waals surface area contributed by atoms with Gasteiger partial charge in [-0.05, 0) is 19.3 Å². The highest BCUT2D eigenvalue weighted by Gasteiger charge is 2.63. The Labute approximate surface area is 65.7 Å². The predicted molar refractivity (Wildman–Crippen MR) is 38.1 cm³/mol. The quantitative estimate of drug-likeness (QED) is 0.417. The van der Waals surface area contributed by atoms with E-state index in [0.717, 1.165) is 19.3 Å². The maximum absolute atomic E-state index is 11.2. The fourth-order valence-corrected chi connectivity index (χ4v) is 1.76. The molecule has 0 aliphatic carbocycles. The number of ether oxygens (including phenoxy) is 2. The van der Waals surface area contributed by atoms with Crippen LogP contribution in [0.1, 0.15) is 26.2 Å². The maximum atomic E-state index is 11.2. The molecule has 1 spiro atoms. The molecule has 2 atom stereocenters. The number of esters is 1. The second kappa shape index (κ2) is 2.21. The Balaban J connectivity index is 2.07. The fraction of sp³-hybridized carbons (Fsp3) is 0.875. The summed E-state index contributed by atoms with van der Waals surface area (Å²) < 4.78 is 10.3. The van der Waals surface area contributed by atoms with Crippen molar-refractivity contribution in [1.29, 1.82) is 0 Å². The van der Waals surface area contributed by atoms with Crippen LogP contribution in [0.25, 0.3) is 0 Å². The van der Waals surface area contributed by atoms with Crippen LogP contribution in [0.5, 0.6) is 0 Å². The van der Waals surface area contributed by atoms with Gasteiger partial charge in [-0.2, -0.15) is 0 Å². The van der Waals surface area contributed by atoms with Crippen LogP contribution >= 0.6 is 0 Å². The van der Waals surface area contributed by atoms with E-state index in [-0.39, 0.29) is 12.1 Å². The molecule has 0 amide bonds. The molecule has 62 valence electrons. The van der Waals surface area contributed by atoms with Crippen molar-refractivity contribution in [3.05, 3.63) is 0 Å². The Bertz CT molecular complexity index is 190. The SMILES string of the molecule is CC[C@@H]1O[C@@]12CCCOC2=O. The zero-order valence-electron chi connectivity index (χ0n) is 6.63. The van der Waals surface area contributed by atoms with Gasteiger partial charge in [0.15, 0.2) is 5.60 Å². The minimum absolute atomic E-state index is 0.135. The van der Waals surface area contributed by atoms with Crippen molar-refractivity contribution < 1.29 is 14.3 Å². The smallest absolute Gasteiger partial charge is 0.341 e. The third kappa shape index (κ3) is 0.872. The molecule has 0 radical (unpaired) electrons. The third-order valence-corrected chi connectivity index (χ3v) is 2.46. The summed E-state index contributed by atoms with van der Waals surface area (Å²) in [4.78, 5) is 11.2. The minimum Gasteiger partial charge on any atom is -0.463 e. The molecule has 0 unspecified atom stereocenters. The third-order valence-electron chi connectivity index (χ3n) is 2.46. The van der Waals surface area contributed by atoms with Crippen LogP contribution in [0.4, 0.5) is 0 Å². The van der Waals surface area contributed by atoms with Crippen LogP contribution in [-0.2, 0) is 14.3 Å². The molecule has 0 N–H and O–H groups in total. The van der Waals surface area contributed by atoms with Crippen LogP contribution in [0, 0.1) is 0 Å². The van der Waals surface area contributed by atoms with Crippen molar-refractivity contribution in [2.45, 2.75) is 37.9 Å². The second-order valence-electron chi connectivity index (χ2n) is 3.14. The van der Waals surface area contributed by atoms with Gasteiger partial charge in [0.2, 0.25) is 0 Å². The number of carbonyl (C=O) groups is 1. The number of hydrogen-bond donors (Lipinski definition) is 0. The lowest BCUT2D eigenvalue weighted by molar-refractivity contribution is -0.154. The lowest BCUT2D eigenvalue weighted by Gasteiger charge is -2.17. The van der Waals surface area contributed by atoms with E-state index in [1.807, 2.05) is 6.92 Å². The topological polar surface area (TPSA) is 38.8 Å². The largest absolute Gasteiger partial charge is 0.463 e. The lowest BCUT2D eigenvalue weighted by Crippen LogP contribution is -2.34. The molecule has 0 bridgehead atoms. The summed E-state index contributed by atoms with van der Waals surface area (Å²) in [5.41, 5.74) is -0.507. The van der Waals surface area contributed by atoms with Crippen molar-refractivity contribution in [2.24, 2.45) is 0 Å². The van der Waals surface area contributed by atoms with Gasteiger partial charge in [0, 0.05) is 0 Å². The van der Waals surface area contributed by atoms with Gasteiger partial charge in [0.05, 0.1) is 12.7 Å². The van der Waals surface area contributed by atoms with Gasteiger partial charge in [-0.3, -0.25) is 0 Å². The van der Waals surface area contributed by atoms with Crippen LogP contribution in [0.3, 0.4) is 0 Å². The minimum atomic E-state index is -0.507. The monoisotopic (exact) mass is 156 g/mol. The van der Waals surface area contributed by atoms with E-state index in [1.54, 1.807) is 0 Å². The maximum Gasteiger partial charge on any atom is 0.341 e. The van der Waals surface area contributed by atoms with E-state index < -0.39 is 5.60 Å². The first-order chi connectivity index (χ1) is 5.29. The van der Waals surface area contributed by atoms with Crippen LogP contribution in [0.2, 0.25) is 0 Å². The van der Waals surface area contributed by atoms with Crippen molar-refractivity contribution >= 4 is 5.97 Å². The van der Waals surface area contributed by atoms with E-state index in [1.165, 1.54) is 0 Å². The summed E-state index contributed by atoms with van der Waals surface area (Å²) in [6.07, 6.45) is 2.84. The van der Waals surface area contributed by atoms with Crippen molar-refractivity contribution in [2.75, 3.05) is 6.61 Å². The van der Waals surface area contributed by atoms with E-state index >= 15 is 0 Å². The van der Waals surface area contributed by atoms with Gasteiger partial charge in [0.1, 0.15) is 0 Å². The molecule has 2 heterocycles. The average Bonchev–Trinajstić information content (AvgIpc) is 2.72. The number of epoxide rings is 1. The van der Waals surface area contributed by atoms with E-state index in [2.05, 4.69) is 0 Å². The van der Waals surface area contributed by atoms with Gasteiger partial charge < -0.3 is 9.47 Å². The molecule has 0 aromatic heterocycles. The molecule has 0 aromatic rings. The lowest BCUT2D eigenvalue weighted by atomic mass is 9.96. The molecule has 2 fully saturated rings. The van der Waals surface area contributed by atoms with Gasteiger partial charge in [-0.1, -0.05) is 6.92 Å². The zero-order chi connectivity index (χ0) is 7.90. The molecule has 2 aliphatic rings. The average molecular weight is 156 g/mol. The highest BCUT2D eigenvalue weighted by atomic mass is 16.7. The van der Waals surface area contributed by atoms with E-state index in [9.17, 15) is 4.79 Å². The Morgan fingerprint density at radius 3 is 3.09 bits per heavy atom. The highest BCUT2D eigenvalue weighted by Crippen LogP contribution is 2.45. The molecule has 2 aliphatic heterocycles. The molecule has 3 heteroatoms. The van der Waals surface area contributed by atoms with Gasteiger partial charge in [-0.15, -0.1) is 0 Å². The molecule has 0 aromatic carbocycles. The normalized spacial score (nSPS) is 42.3. The van der Waals surface area contributed by atoms with Gasteiger partial charge in [0.25, 0.3) is 0 Å². The van der Waals surface area contributed by atoms with Crippen LogP contribution in [-0.4, -0.2) is 24.3 Å². The van der Waals surface area contributed by atoms with Gasteiger partial charge in [-0.25, -0.2) is 4.79 Å². The summed E-state index contributed by atoms with van der Waals surface area (Å²) in [5.74, 6) is -0.143. The number of hydrogen-bond acceptors (Lipinski definition) is 3. The Morgan fingerprint density at radius 1 is 1.73 bits per heavy atom. The molecule has 0 saturated carbocycles. The van der Waals surface area contributed by atoms with Crippen molar-refractivity contribution in [1.82, 2.24) is 0 Å². The fourth-order valence-electron chi connectivity index (χ4n) is 1.76. The Kier molecular flexibility index (Phi) is 1.42. The molecular formula is C8H12O3. The molecule has 2 saturated heterocycles. The first-order valence-electron chi connectivity index (χ1n) is 4.14. The standard InChI is InChI=1S/C8H12O3/c1-2-6-8(11-6)4-3-5-10-7(8)9/h6H,2-5H2,1H3/t6-,8-/m0/s1. The van der Waals surface area contributed by atoms with Crippen LogP contribution in [0.15, 0.2) is 0 Å². The highest BCUT2D eigenvalue weighted by molar-refractivity contribution is 5.84. The molecule has 11 heavy (non-hydrogen) atoms. The summed E-state index contributed by atoms with van der Waals surface area (Å²) in [7, 11) is 0. The predicted octanol–water partition coefficient (Wildman–Crippen LogP) is 0.871. The molecule has 3 nitrogen and oxygen atoms in total. The van der Waals surface area contributed by atoms with E-state index in [0.29, 0.717) is 6.61 Å². The molecular weight excluding hydrogens is 144 g/mol. The van der Waals surface area contributed by atoms with Crippen molar-refractivity contribution in [3.8, 4) is 0 Å². The Hall–Kier alpha value is -0.570. The van der Waals surface area contributed by atoms with E-state index in [4.69, 9.17) is 9.47 Å². The summed E-state index contributed by atoms with van der Waals surface area (Å²) >= 11 is 0. The zero-order valence-corrected chi connectivity index (χ0v) is 6.63. The number of carbonyl (C=O) groups excluding carboxylic acids is 1. The number of cyclic esters (lactones) is 1. The number of rotatable bonds is 1. The second-order valence-corrected chi connectivity index (χ2v) is 3.14. The first-order valence-corrected chi connectivity index (χ1v) is 4.14. The Morgan fingerprint density at radius 2 is 2.55 bits per heavy atom.